The molecular weight excluding hydrogens is 248 g/mol. The highest BCUT2D eigenvalue weighted by Crippen LogP contribution is 2.14. The molecule has 0 saturated carbocycles. The van der Waals surface area contributed by atoms with E-state index in [4.69, 9.17) is 11.6 Å². The topological polar surface area (TPSA) is 34.9 Å². The van der Waals surface area contributed by atoms with Gasteiger partial charge in [0, 0.05) is 22.8 Å². The molecule has 4 heteroatoms. The molecule has 0 aliphatic heterocycles. The molecule has 0 radical (unpaired) electrons. The van der Waals surface area contributed by atoms with Crippen LogP contribution in [0.4, 0.5) is 0 Å². The summed E-state index contributed by atoms with van der Waals surface area (Å²) >= 11 is 5.88. The summed E-state index contributed by atoms with van der Waals surface area (Å²) in [6.07, 6.45) is 0.356. The molecule has 0 bridgehead atoms. The van der Waals surface area contributed by atoms with Gasteiger partial charge in [-0.3, -0.25) is 9.48 Å². The maximum Gasteiger partial charge on any atom is 0.168 e. The standard InChI is InChI=1S/C14H15ClN2O/c1-3-17-13(7-10(2)16-17)9-14(18)11-5-4-6-12(15)8-11/h4-8H,3,9H2,1-2H3. The first-order chi connectivity index (χ1) is 8.60. The lowest BCUT2D eigenvalue weighted by atomic mass is 10.1. The summed E-state index contributed by atoms with van der Waals surface area (Å²) in [4.78, 5) is 12.1. The largest absolute Gasteiger partial charge is 0.294 e. The Balaban J connectivity index is 2.21. The van der Waals surface area contributed by atoms with Crippen LogP contribution in [0.3, 0.4) is 0 Å². The zero-order chi connectivity index (χ0) is 13.1. The molecule has 0 atom stereocenters. The van der Waals surface area contributed by atoms with Crippen LogP contribution in [0.15, 0.2) is 30.3 Å². The first kappa shape index (κ1) is 12.8. The molecule has 2 rings (SSSR count). The number of carbonyl (C=O) groups excluding carboxylic acids is 1. The first-order valence-corrected chi connectivity index (χ1v) is 6.30. The van der Waals surface area contributed by atoms with Crippen LogP contribution in [-0.4, -0.2) is 15.6 Å². The van der Waals surface area contributed by atoms with E-state index in [2.05, 4.69) is 5.10 Å². The van der Waals surface area contributed by atoms with E-state index in [1.807, 2.05) is 24.6 Å². The fraction of sp³-hybridized carbons (Fsp3) is 0.286. The Kier molecular flexibility index (Phi) is 3.82. The van der Waals surface area contributed by atoms with Gasteiger partial charge in [0.15, 0.2) is 5.78 Å². The van der Waals surface area contributed by atoms with Crippen molar-refractivity contribution in [2.45, 2.75) is 26.8 Å². The van der Waals surface area contributed by atoms with Gasteiger partial charge in [-0.25, -0.2) is 0 Å². The van der Waals surface area contributed by atoms with Gasteiger partial charge in [0.05, 0.1) is 12.1 Å². The van der Waals surface area contributed by atoms with Crippen LogP contribution in [0.1, 0.15) is 28.7 Å². The highest BCUT2D eigenvalue weighted by atomic mass is 35.5. The van der Waals surface area contributed by atoms with Crippen molar-refractivity contribution >= 4 is 17.4 Å². The van der Waals surface area contributed by atoms with Crippen LogP contribution in [0, 0.1) is 6.92 Å². The minimum absolute atomic E-state index is 0.0621. The average molecular weight is 263 g/mol. The molecule has 0 fully saturated rings. The summed E-state index contributed by atoms with van der Waals surface area (Å²) in [6.45, 7) is 4.71. The van der Waals surface area contributed by atoms with Crippen molar-refractivity contribution in [3.8, 4) is 0 Å². The zero-order valence-electron chi connectivity index (χ0n) is 10.5. The molecule has 0 aliphatic carbocycles. The van der Waals surface area contributed by atoms with E-state index in [9.17, 15) is 4.79 Å². The van der Waals surface area contributed by atoms with Gasteiger partial charge < -0.3 is 0 Å². The Morgan fingerprint density at radius 1 is 1.39 bits per heavy atom. The Labute approximate surface area is 111 Å². The van der Waals surface area contributed by atoms with Gasteiger partial charge in [0.1, 0.15) is 0 Å². The number of hydrogen-bond donors (Lipinski definition) is 0. The van der Waals surface area contributed by atoms with E-state index >= 15 is 0 Å². The fourth-order valence-electron chi connectivity index (χ4n) is 1.94. The van der Waals surface area contributed by atoms with Gasteiger partial charge in [-0.1, -0.05) is 23.7 Å². The zero-order valence-corrected chi connectivity index (χ0v) is 11.2. The van der Waals surface area contributed by atoms with Crippen molar-refractivity contribution < 1.29 is 4.79 Å². The molecule has 2 aromatic rings. The van der Waals surface area contributed by atoms with Crippen molar-refractivity contribution in [1.29, 1.82) is 0 Å². The molecule has 0 spiro atoms. The number of carbonyl (C=O) groups is 1. The molecule has 0 saturated heterocycles. The van der Waals surface area contributed by atoms with Crippen LogP contribution in [0.25, 0.3) is 0 Å². The summed E-state index contributed by atoms with van der Waals surface area (Å²) in [5.41, 5.74) is 2.52. The monoisotopic (exact) mass is 262 g/mol. The fourth-order valence-corrected chi connectivity index (χ4v) is 2.13. The normalized spacial score (nSPS) is 10.6. The lowest BCUT2D eigenvalue weighted by Gasteiger charge is -2.04. The van der Waals surface area contributed by atoms with Crippen LogP contribution in [-0.2, 0) is 13.0 Å². The van der Waals surface area contributed by atoms with Crippen molar-refractivity contribution in [3.05, 3.63) is 52.3 Å². The van der Waals surface area contributed by atoms with E-state index < -0.39 is 0 Å². The smallest absolute Gasteiger partial charge is 0.168 e. The minimum Gasteiger partial charge on any atom is -0.294 e. The van der Waals surface area contributed by atoms with Crippen molar-refractivity contribution in [2.24, 2.45) is 0 Å². The predicted octanol–water partition coefficient (Wildman–Crippen LogP) is 3.29. The maximum absolute atomic E-state index is 12.1. The molecule has 94 valence electrons. The number of benzene rings is 1. The van der Waals surface area contributed by atoms with E-state index in [-0.39, 0.29) is 5.78 Å². The second-order valence-electron chi connectivity index (χ2n) is 4.20. The van der Waals surface area contributed by atoms with Gasteiger partial charge in [0.25, 0.3) is 0 Å². The highest BCUT2D eigenvalue weighted by Gasteiger charge is 2.11. The molecule has 3 nitrogen and oxygen atoms in total. The Bertz CT molecular complexity index is 575. The summed E-state index contributed by atoms with van der Waals surface area (Å²) in [5.74, 6) is 0.0621. The molecular formula is C14H15ClN2O. The number of nitrogens with zero attached hydrogens (tertiary/aromatic N) is 2. The molecule has 1 aromatic heterocycles. The highest BCUT2D eigenvalue weighted by molar-refractivity contribution is 6.31. The number of Topliss-reactive ketones (excluding diaryl/α,β-unsaturated/α-hetero) is 1. The third kappa shape index (κ3) is 2.79. The Hall–Kier alpha value is -1.61. The number of aromatic nitrogens is 2. The van der Waals surface area contributed by atoms with E-state index in [0.29, 0.717) is 17.0 Å². The number of ketones is 1. The lowest BCUT2D eigenvalue weighted by Crippen LogP contribution is -2.09. The number of rotatable bonds is 4. The van der Waals surface area contributed by atoms with E-state index in [1.54, 1.807) is 24.3 Å². The van der Waals surface area contributed by atoms with Gasteiger partial charge in [-0.05, 0) is 32.0 Å². The number of aryl methyl sites for hydroxylation is 2. The summed E-state index contributed by atoms with van der Waals surface area (Å²) < 4.78 is 1.86. The van der Waals surface area contributed by atoms with Crippen molar-refractivity contribution in [3.63, 3.8) is 0 Å². The third-order valence-electron chi connectivity index (χ3n) is 2.77. The third-order valence-corrected chi connectivity index (χ3v) is 3.01. The summed E-state index contributed by atoms with van der Waals surface area (Å²) in [6, 6.07) is 8.99. The van der Waals surface area contributed by atoms with Gasteiger partial charge in [-0.15, -0.1) is 0 Å². The Morgan fingerprint density at radius 3 is 2.83 bits per heavy atom. The summed E-state index contributed by atoms with van der Waals surface area (Å²) in [7, 11) is 0. The molecule has 0 aliphatic rings. The molecule has 0 N–H and O–H groups in total. The van der Waals surface area contributed by atoms with Crippen LogP contribution in [0.2, 0.25) is 5.02 Å². The lowest BCUT2D eigenvalue weighted by molar-refractivity contribution is 0.0990. The summed E-state index contributed by atoms with van der Waals surface area (Å²) in [5, 5.41) is 4.92. The SMILES string of the molecule is CCn1nc(C)cc1CC(=O)c1cccc(Cl)c1. The molecule has 18 heavy (non-hydrogen) atoms. The molecule has 0 unspecified atom stereocenters. The maximum atomic E-state index is 12.1. The van der Waals surface area contributed by atoms with Crippen molar-refractivity contribution in [2.75, 3.05) is 0 Å². The van der Waals surface area contributed by atoms with Gasteiger partial charge >= 0.3 is 0 Å². The minimum atomic E-state index is 0.0621. The van der Waals surface area contributed by atoms with E-state index in [1.165, 1.54) is 0 Å². The van der Waals surface area contributed by atoms with Crippen LogP contribution < -0.4 is 0 Å². The number of hydrogen-bond acceptors (Lipinski definition) is 2. The number of halogens is 1. The second kappa shape index (κ2) is 5.36. The van der Waals surface area contributed by atoms with E-state index in [0.717, 1.165) is 17.9 Å². The van der Waals surface area contributed by atoms with Crippen molar-refractivity contribution in [1.82, 2.24) is 9.78 Å². The quantitative estimate of drug-likeness (QED) is 0.793. The molecule has 0 amide bonds. The van der Waals surface area contributed by atoms with Gasteiger partial charge in [0.2, 0.25) is 0 Å². The average Bonchev–Trinajstić information content (AvgIpc) is 2.69. The molecule has 1 heterocycles. The predicted molar refractivity (Wildman–Crippen MR) is 72.1 cm³/mol. The second-order valence-corrected chi connectivity index (χ2v) is 4.64. The van der Waals surface area contributed by atoms with Gasteiger partial charge in [-0.2, -0.15) is 5.10 Å². The first-order valence-electron chi connectivity index (χ1n) is 5.92. The van der Waals surface area contributed by atoms with Crippen LogP contribution in [0.5, 0.6) is 0 Å². The van der Waals surface area contributed by atoms with Crippen LogP contribution >= 0.6 is 11.6 Å². The Morgan fingerprint density at radius 2 is 2.17 bits per heavy atom. The molecule has 1 aromatic carbocycles.